The second-order valence-electron chi connectivity index (χ2n) is 5.74. The maximum absolute atomic E-state index is 12.0. The van der Waals surface area contributed by atoms with Gasteiger partial charge in [-0.3, -0.25) is 9.59 Å². The Morgan fingerprint density at radius 1 is 1.12 bits per heavy atom. The number of amides is 1. The molecule has 0 saturated carbocycles. The maximum atomic E-state index is 12.0. The highest BCUT2D eigenvalue weighted by atomic mass is 79.9. The molecule has 1 amide bonds. The third-order valence-corrected chi connectivity index (χ3v) is 5.07. The van der Waals surface area contributed by atoms with Crippen LogP contribution in [0.4, 0.5) is 0 Å². The lowest BCUT2D eigenvalue weighted by atomic mass is 10.0. The zero-order chi connectivity index (χ0) is 18.9. The van der Waals surface area contributed by atoms with E-state index in [0.717, 1.165) is 23.4 Å². The molecule has 2 rings (SSSR count). The van der Waals surface area contributed by atoms with Crippen molar-refractivity contribution in [2.24, 2.45) is 0 Å². The molecule has 2 aromatic carbocycles. The third kappa shape index (κ3) is 6.46. The lowest BCUT2D eigenvalue weighted by Gasteiger charge is -2.11. The second-order valence-corrected chi connectivity index (χ2v) is 7.28. The molecule has 2 aromatic rings. The molecule has 0 heterocycles. The van der Waals surface area contributed by atoms with E-state index >= 15 is 0 Å². The van der Waals surface area contributed by atoms with Crippen LogP contribution in [0.3, 0.4) is 0 Å². The summed E-state index contributed by atoms with van der Waals surface area (Å²) in [6, 6.07) is 15.2. The first kappa shape index (κ1) is 20.5. The van der Waals surface area contributed by atoms with Crippen molar-refractivity contribution >= 4 is 39.4 Å². The van der Waals surface area contributed by atoms with Gasteiger partial charge >= 0.3 is 5.97 Å². The Morgan fingerprint density at radius 3 is 2.38 bits per heavy atom. The highest BCUT2D eigenvalue weighted by Gasteiger charge is 2.11. The summed E-state index contributed by atoms with van der Waals surface area (Å²) in [4.78, 5) is 23.5. The second kappa shape index (κ2) is 10.3. The van der Waals surface area contributed by atoms with Crippen LogP contribution in [0.15, 0.2) is 48.5 Å². The number of ether oxygens (including phenoxy) is 1. The minimum Gasteiger partial charge on any atom is -0.465 e. The van der Waals surface area contributed by atoms with E-state index in [9.17, 15) is 9.59 Å². The van der Waals surface area contributed by atoms with Crippen LogP contribution in [-0.2, 0) is 16.0 Å². The molecule has 0 spiro atoms. The fourth-order valence-corrected chi connectivity index (χ4v) is 3.08. The molecule has 0 aliphatic heterocycles. The summed E-state index contributed by atoms with van der Waals surface area (Å²) < 4.78 is 4.78. The van der Waals surface area contributed by atoms with Gasteiger partial charge in [0, 0.05) is 15.4 Å². The summed E-state index contributed by atoms with van der Waals surface area (Å²) in [6.07, 6.45) is 1.85. The van der Waals surface area contributed by atoms with Crippen molar-refractivity contribution in [3.63, 3.8) is 0 Å². The van der Waals surface area contributed by atoms with Gasteiger partial charge in [0.1, 0.15) is 6.54 Å². The van der Waals surface area contributed by atoms with Crippen molar-refractivity contribution in [3.8, 4) is 0 Å². The summed E-state index contributed by atoms with van der Waals surface area (Å²) in [5, 5.41) is 3.28. The Balaban J connectivity index is 1.86. The number of carbonyl (C=O) groups excluding carboxylic acids is 2. The fourth-order valence-electron chi connectivity index (χ4n) is 2.42. The molecule has 138 valence electrons. The Kier molecular flexibility index (Phi) is 8.13. The zero-order valence-corrected chi connectivity index (χ0v) is 16.8. The molecular formula is C20H21BrClNO3. The lowest BCUT2D eigenvalue weighted by Crippen LogP contribution is -2.30. The molecule has 1 unspecified atom stereocenters. The predicted octanol–water partition coefficient (Wildman–Crippen LogP) is 4.70. The number of esters is 1. The van der Waals surface area contributed by atoms with Gasteiger partial charge in [0.05, 0.1) is 6.61 Å². The van der Waals surface area contributed by atoms with E-state index in [-0.39, 0.29) is 17.3 Å². The number of carbonyl (C=O) groups is 2. The SMILES string of the molecule is CCOC(=O)CNC(=O)c1ccc(C(Br)CCc2ccc(Cl)cc2)cc1. The first-order chi connectivity index (χ1) is 12.5. The number of hydrogen-bond donors (Lipinski definition) is 1. The van der Waals surface area contributed by atoms with Crippen LogP contribution in [0, 0.1) is 0 Å². The number of hydrogen-bond acceptors (Lipinski definition) is 3. The number of rotatable bonds is 8. The summed E-state index contributed by atoms with van der Waals surface area (Å²) in [7, 11) is 0. The van der Waals surface area contributed by atoms with E-state index in [4.69, 9.17) is 16.3 Å². The highest BCUT2D eigenvalue weighted by molar-refractivity contribution is 9.09. The summed E-state index contributed by atoms with van der Waals surface area (Å²) in [5.74, 6) is -0.739. The molecule has 6 heteroatoms. The lowest BCUT2D eigenvalue weighted by molar-refractivity contribution is -0.141. The largest absolute Gasteiger partial charge is 0.465 e. The molecule has 0 aromatic heterocycles. The van der Waals surface area contributed by atoms with Gasteiger partial charge in [-0.2, -0.15) is 0 Å². The predicted molar refractivity (Wildman–Crippen MR) is 107 cm³/mol. The average Bonchev–Trinajstić information content (AvgIpc) is 2.66. The Morgan fingerprint density at radius 2 is 1.77 bits per heavy atom. The summed E-state index contributed by atoms with van der Waals surface area (Å²) in [5.41, 5.74) is 2.84. The van der Waals surface area contributed by atoms with E-state index in [2.05, 4.69) is 21.2 Å². The number of nitrogens with one attached hydrogen (secondary N) is 1. The van der Waals surface area contributed by atoms with E-state index in [1.54, 1.807) is 19.1 Å². The van der Waals surface area contributed by atoms with Crippen LogP contribution >= 0.6 is 27.5 Å². The molecule has 0 saturated heterocycles. The number of aryl methyl sites for hydroxylation is 1. The topological polar surface area (TPSA) is 55.4 Å². The third-order valence-electron chi connectivity index (χ3n) is 3.83. The minimum atomic E-state index is -0.444. The van der Waals surface area contributed by atoms with E-state index in [1.807, 2.05) is 36.4 Å². The van der Waals surface area contributed by atoms with Gasteiger partial charge < -0.3 is 10.1 Å². The van der Waals surface area contributed by atoms with Gasteiger partial charge in [-0.05, 0) is 55.2 Å². The quantitative estimate of drug-likeness (QED) is 0.480. The number of halogens is 2. The van der Waals surface area contributed by atoms with Crippen LogP contribution in [0.1, 0.15) is 39.7 Å². The minimum absolute atomic E-state index is 0.128. The van der Waals surface area contributed by atoms with Gasteiger partial charge in [-0.15, -0.1) is 0 Å². The van der Waals surface area contributed by atoms with Gasteiger partial charge in [-0.1, -0.05) is 51.8 Å². The standard InChI is InChI=1S/C20H21BrClNO3/c1-2-26-19(24)13-23-20(25)16-8-6-15(7-9-16)18(21)12-5-14-3-10-17(22)11-4-14/h3-4,6-11,18H,2,5,12-13H2,1H3,(H,23,25). The van der Waals surface area contributed by atoms with Gasteiger partial charge in [0.2, 0.25) is 0 Å². The van der Waals surface area contributed by atoms with Crippen LogP contribution in [0.2, 0.25) is 5.02 Å². The first-order valence-corrected chi connectivity index (χ1v) is 9.71. The Labute approximate surface area is 167 Å². The molecule has 0 bridgehead atoms. The van der Waals surface area contributed by atoms with E-state index < -0.39 is 5.97 Å². The monoisotopic (exact) mass is 437 g/mol. The molecule has 0 fully saturated rings. The van der Waals surface area contributed by atoms with E-state index in [0.29, 0.717) is 12.2 Å². The highest BCUT2D eigenvalue weighted by Crippen LogP contribution is 2.28. The average molecular weight is 439 g/mol. The van der Waals surface area contributed by atoms with Crippen LogP contribution in [0.5, 0.6) is 0 Å². The molecule has 0 aliphatic rings. The molecular weight excluding hydrogens is 418 g/mol. The summed E-state index contributed by atoms with van der Waals surface area (Å²) in [6.45, 7) is 1.89. The smallest absolute Gasteiger partial charge is 0.325 e. The molecule has 26 heavy (non-hydrogen) atoms. The van der Waals surface area contributed by atoms with Crippen molar-refractivity contribution in [2.75, 3.05) is 13.2 Å². The van der Waals surface area contributed by atoms with Crippen LogP contribution in [0.25, 0.3) is 0 Å². The number of benzene rings is 2. The van der Waals surface area contributed by atoms with Gasteiger partial charge in [0.25, 0.3) is 5.91 Å². The molecule has 1 N–H and O–H groups in total. The molecule has 1 atom stereocenters. The van der Waals surface area contributed by atoms with Crippen LogP contribution in [-0.4, -0.2) is 25.0 Å². The van der Waals surface area contributed by atoms with Crippen molar-refractivity contribution < 1.29 is 14.3 Å². The van der Waals surface area contributed by atoms with Crippen molar-refractivity contribution in [1.29, 1.82) is 0 Å². The molecule has 4 nitrogen and oxygen atoms in total. The zero-order valence-electron chi connectivity index (χ0n) is 14.5. The van der Waals surface area contributed by atoms with Gasteiger partial charge in [-0.25, -0.2) is 0 Å². The van der Waals surface area contributed by atoms with Crippen molar-refractivity contribution in [3.05, 3.63) is 70.2 Å². The normalized spacial score (nSPS) is 11.7. The van der Waals surface area contributed by atoms with Gasteiger partial charge in [0.15, 0.2) is 0 Å². The number of alkyl halides is 1. The first-order valence-electron chi connectivity index (χ1n) is 8.42. The Hall–Kier alpha value is -1.85. The van der Waals surface area contributed by atoms with Crippen LogP contribution < -0.4 is 5.32 Å². The van der Waals surface area contributed by atoms with E-state index in [1.165, 1.54) is 5.56 Å². The van der Waals surface area contributed by atoms with Crippen molar-refractivity contribution in [2.45, 2.75) is 24.6 Å². The fraction of sp³-hybridized carbons (Fsp3) is 0.300. The Bertz CT molecular complexity index is 732. The van der Waals surface area contributed by atoms with Crippen molar-refractivity contribution in [1.82, 2.24) is 5.32 Å². The maximum Gasteiger partial charge on any atom is 0.325 e. The molecule has 0 radical (unpaired) electrons. The summed E-state index contributed by atoms with van der Waals surface area (Å²) >= 11 is 9.60. The molecule has 0 aliphatic carbocycles.